The van der Waals surface area contributed by atoms with E-state index in [-0.39, 0.29) is 17.1 Å². The van der Waals surface area contributed by atoms with Crippen LogP contribution >= 0.6 is 11.6 Å². The molecule has 0 radical (unpaired) electrons. The van der Waals surface area contributed by atoms with E-state index < -0.39 is 38.1 Å². The van der Waals surface area contributed by atoms with Gasteiger partial charge in [0.15, 0.2) is 11.3 Å². The van der Waals surface area contributed by atoms with E-state index in [0.717, 1.165) is 18.9 Å². The molecule has 2 aromatic heterocycles. The Bertz CT molecular complexity index is 1550. The van der Waals surface area contributed by atoms with Crippen LogP contribution in [0, 0.1) is 11.3 Å². The van der Waals surface area contributed by atoms with Crippen molar-refractivity contribution < 1.29 is 26.8 Å². The molecule has 3 saturated carbocycles. The molecule has 3 aliphatic carbocycles. The van der Waals surface area contributed by atoms with Crippen LogP contribution in [0.3, 0.4) is 0 Å². The topological polar surface area (TPSA) is 184 Å². The lowest BCUT2D eigenvalue weighted by atomic mass is 9.56. The second kappa shape index (κ2) is 8.54. The molecule has 1 spiro atoms. The van der Waals surface area contributed by atoms with Crippen molar-refractivity contribution in [3.8, 4) is 0 Å². The van der Waals surface area contributed by atoms with Crippen LogP contribution in [-0.2, 0) is 20.4 Å². The molecule has 0 aliphatic heterocycles. The van der Waals surface area contributed by atoms with Gasteiger partial charge in [-0.1, -0.05) is 18.0 Å². The second-order valence-electron chi connectivity index (χ2n) is 11.1. The molecule has 0 unspecified atom stereocenters. The zero-order valence-corrected chi connectivity index (χ0v) is 22.0. The standard InChI is InChI=1S/C25H28ClN5O6S/c26-15-4-5-17-16(10-15)29-22(37-17)24(27)11-23(12-24)8-9-25(28,13-23)30-21(33)18-6-7-19(36-18)38(34,35)31-20(32)14-2-1-3-14/h4-7,10,14H,1-3,8-9,11-13,27-28H2,(H,30,33)(H,31,32)/t23-,24+,25-/m0/s1. The molecule has 3 aromatic rings. The molecule has 2 amide bonds. The smallest absolute Gasteiger partial charge is 0.297 e. The number of hydrogen-bond acceptors (Lipinski definition) is 9. The summed E-state index contributed by atoms with van der Waals surface area (Å²) in [6.45, 7) is 0. The van der Waals surface area contributed by atoms with E-state index in [9.17, 15) is 18.0 Å². The largest absolute Gasteiger partial charge is 0.439 e. The molecule has 3 aliphatic rings. The third-order valence-corrected chi connectivity index (χ3v) is 9.55. The van der Waals surface area contributed by atoms with E-state index in [1.54, 1.807) is 18.2 Å². The van der Waals surface area contributed by atoms with Crippen molar-refractivity contribution in [2.24, 2.45) is 22.8 Å². The summed E-state index contributed by atoms with van der Waals surface area (Å²) in [7, 11) is -4.21. The van der Waals surface area contributed by atoms with Gasteiger partial charge in [-0.3, -0.25) is 9.59 Å². The molecule has 2 heterocycles. The number of rotatable bonds is 6. The van der Waals surface area contributed by atoms with Crippen molar-refractivity contribution in [3.05, 3.63) is 47.0 Å². The monoisotopic (exact) mass is 561 g/mol. The number of carbonyl (C=O) groups excluding carboxylic acids is 2. The zero-order chi connectivity index (χ0) is 26.9. The predicted octanol–water partition coefficient (Wildman–Crippen LogP) is 2.88. The summed E-state index contributed by atoms with van der Waals surface area (Å²) in [6.07, 6.45) is 5.15. The number of aromatic nitrogens is 1. The van der Waals surface area contributed by atoms with Crippen molar-refractivity contribution in [2.75, 3.05) is 0 Å². The third kappa shape index (κ3) is 4.39. The summed E-state index contributed by atoms with van der Waals surface area (Å²) in [6, 6.07) is 7.61. The van der Waals surface area contributed by atoms with Gasteiger partial charge in [0.1, 0.15) is 5.52 Å². The molecular formula is C25H28ClN5O6S. The maximum Gasteiger partial charge on any atom is 0.297 e. The van der Waals surface area contributed by atoms with Crippen LogP contribution in [0.4, 0.5) is 0 Å². The van der Waals surface area contributed by atoms with Crippen molar-refractivity contribution in [3.63, 3.8) is 0 Å². The quantitative estimate of drug-likeness (QED) is 0.328. The number of carbonyl (C=O) groups is 2. The van der Waals surface area contributed by atoms with Gasteiger partial charge in [-0.05, 0) is 80.7 Å². The average molecular weight is 562 g/mol. The number of nitrogens with two attached hydrogens (primary N) is 2. The number of fused-ring (bicyclic) bond motifs is 1. The SMILES string of the molecule is N[C@]1(NC(=O)c2ccc(S(=O)(=O)NC(=O)C3CCC3)o2)CC[C@]2(C1)C[C@](N)(c1nc3cc(Cl)ccc3o1)C2. The van der Waals surface area contributed by atoms with Crippen LogP contribution in [-0.4, -0.2) is 30.9 Å². The molecule has 13 heteroatoms. The van der Waals surface area contributed by atoms with Crippen LogP contribution < -0.4 is 21.5 Å². The molecule has 38 heavy (non-hydrogen) atoms. The summed E-state index contributed by atoms with van der Waals surface area (Å²) in [5.41, 5.74) is 12.5. The number of nitrogens with zero attached hydrogens (tertiary/aromatic N) is 1. The highest BCUT2D eigenvalue weighted by molar-refractivity contribution is 7.89. The first kappa shape index (κ1) is 25.4. The van der Waals surface area contributed by atoms with Crippen molar-refractivity contribution >= 4 is 44.5 Å². The van der Waals surface area contributed by atoms with Gasteiger partial charge >= 0.3 is 0 Å². The van der Waals surface area contributed by atoms with Gasteiger partial charge in [0.2, 0.25) is 16.9 Å². The number of nitrogens with one attached hydrogen (secondary N) is 2. The van der Waals surface area contributed by atoms with Gasteiger partial charge in [-0.15, -0.1) is 0 Å². The molecule has 0 saturated heterocycles. The Morgan fingerprint density at radius 1 is 1.05 bits per heavy atom. The summed E-state index contributed by atoms with van der Waals surface area (Å²) in [4.78, 5) is 29.5. The van der Waals surface area contributed by atoms with Crippen molar-refractivity contribution in [1.29, 1.82) is 0 Å². The highest BCUT2D eigenvalue weighted by atomic mass is 35.5. The molecule has 1 aromatic carbocycles. The lowest BCUT2D eigenvalue weighted by Crippen LogP contribution is -2.59. The number of benzene rings is 1. The Morgan fingerprint density at radius 3 is 2.53 bits per heavy atom. The fourth-order valence-electron chi connectivity index (χ4n) is 6.10. The Kier molecular flexibility index (Phi) is 5.69. The van der Waals surface area contributed by atoms with Gasteiger partial charge in [0.05, 0.1) is 11.2 Å². The van der Waals surface area contributed by atoms with Gasteiger partial charge in [-0.2, -0.15) is 8.42 Å². The molecule has 1 atom stereocenters. The molecule has 0 bridgehead atoms. The summed E-state index contributed by atoms with van der Waals surface area (Å²) >= 11 is 6.05. The molecule has 3 fully saturated rings. The van der Waals surface area contributed by atoms with E-state index in [4.69, 9.17) is 31.9 Å². The minimum atomic E-state index is -4.21. The maximum absolute atomic E-state index is 12.9. The minimum Gasteiger partial charge on any atom is -0.439 e. The van der Waals surface area contributed by atoms with E-state index in [0.29, 0.717) is 60.5 Å². The summed E-state index contributed by atoms with van der Waals surface area (Å²) < 4.78 is 38.2. The highest BCUT2D eigenvalue weighted by Crippen LogP contribution is 2.62. The van der Waals surface area contributed by atoms with Crippen molar-refractivity contribution in [1.82, 2.24) is 15.0 Å². The number of hydrogen-bond donors (Lipinski definition) is 4. The fourth-order valence-corrected chi connectivity index (χ4v) is 7.25. The Morgan fingerprint density at radius 2 is 1.82 bits per heavy atom. The zero-order valence-electron chi connectivity index (χ0n) is 20.5. The molecule has 6 N–H and O–H groups in total. The molecule has 202 valence electrons. The Hall–Kier alpha value is -2.93. The van der Waals surface area contributed by atoms with Gasteiger partial charge < -0.3 is 25.6 Å². The number of sulfonamides is 1. The normalized spacial score (nSPS) is 29.2. The Balaban J connectivity index is 1.09. The van der Waals surface area contributed by atoms with Crippen molar-refractivity contribution in [2.45, 2.75) is 67.7 Å². The number of oxazole rings is 1. The van der Waals surface area contributed by atoms with Crippen LogP contribution in [0.5, 0.6) is 0 Å². The van der Waals surface area contributed by atoms with Crippen LogP contribution in [0.25, 0.3) is 11.1 Å². The summed E-state index contributed by atoms with van der Waals surface area (Å²) in [5, 5.41) is 2.86. The predicted molar refractivity (Wildman–Crippen MR) is 136 cm³/mol. The molecule has 11 nitrogen and oxygen atoms in total. The lowest BCUT2D eigenvalue weighted by molar-refractivity contribution is -0.125. The molecular weight excluding hydrogens is 534 g/mol. The highest BCUT2D eigenvalue weighted by Gasteiger charge is 2.61. The van der Waals surface area contributed by atoms with E-state index in [1.807, 2.05) is 4.72 Å². The van der Waals surface area contributed by atoms with E-state index in [2.05, 4.69) is 10.3 Å². The van der Waals surface area contributed by atoms with Gasteiger partial charge in [0, 0.05) is 10.9 Å². The van der Waals surface area contributed by atoms with Crippen LogP contribution in [0.1, 0.15) is 67.8 Å². The third-order valence-electron chi connectivity index (χ3n) is 8.09. The second-order valence-corrected chi connectivity index (χ2v) is 13.2. The average Bonchev–Trinajstić information content (AvgIpc) is 3.49. The first-order valence-corrected chi connectivity index (χ1v) is 14.4. The van der Waals surface area contributed by atoms with Crippen LogP contribution in [0.2, 0.25) is 5.02 Å². The van der Waals surface area contributed by atoms with Gasteiger partial charge in [0.25, 0.3) is 15.9 Å². The fraction of sp³-hybridized carbons (Fsp3) is 0.480. The number of furan rings is 1. The van der Waals surface area contributed by atoms with Crippen LogP contribution in [0.15, 0.2) is 44.3 Å². The number of halogens is 1. The van der Waals surface area contributed by atoms with Gasteiger partial charge in [-0.25, -0.2) is 9.71 Å². The first-order chi connectivity index (χ1) is 17.9. The maximum atomic E-state index is 12.9. The van der Waals surface area contributed by atoms with E-state index >= 15 is 0 Å². The minimum absolute atomic E-state index is 0.182. The summed E-state index contributed by atoms with van der Waals surface area (Å²) in [5.74, 6) is -1.26. The first-order valence-electron chi connectivity index (χ1n) is 12.5. The Labute approximate surface area is 223 Å². The lowest BCUT2D eigenvalue weighted by Gasteiger charge is -2.51. The van der Waals surface area contributed by atoms with E-state index in [1.165, 1.54) is 6.07 Å². The number of amides is 2. The molecule has 6 rings (SSSR count).